The first kappa shape index (κ1) is 22.1. The number of esters is 1. The Labute approximate surface area is 197 Å². The van der Waals surface area contributed by atoms with Crippen LogP contribution in [0.4, 0.5) is 0 Å². The molecule has 1 fully saturated rings. The van der Waals surface area contributed by atoms with E-state index in [1.807, 2.05) is 54.6 Å². The van der Waals surface area contributed by atoms with Gasteiger partial charge >= 0.3 is 5.97 Å². The summed E-state index contributed by atoms with van der Waals surface area (Å²) in [7, 11) is 1.35. The van der Waals surface area contributed by atoms with Gasteiger partial charge in [0.1, 0.15) is 24.5 Å². The topological polar surface area (TPSA) is 83.1 Å². The van der Waals surface area contributed by atoms with Crippen LogP contribution in [-0.4, -0.2) is 43.8 Å². The van der Waals surface area contributed by atoms with Gasteiger partial charge in [-0.3, -0.25) is 4.79 Å². The van der Waals surface area contributed by atoms with E-state index in [2.05, 4.69) is 5.32 Å². The van der Waals surface area contributed by atoms with E-state index in [1.165, 1.54) is 7.11 Å². The van der Waals surface area contributed by atoms with E-state index in [0.717, 1.165) is 23.6 Å². The maximum atomic E-state index is 13.5. The van der Waals surface area contributed by atoms with Gasteiger partial charge in [0.05, 0.1) is 12.7 Å². The van der Waals surface area contributed by atoms with Crippen molar-refractivity contribution >= 4 is 22.6 Å². The Morgan fingerprint density at radius 3 is 2.53 bits per heavy atom. The van der Waals surface area contributed by atoms with Crippen LogP contribution in [0.3, 0.4) is 0 Å². The van der Waals surface area contributed by atoms with Crippen molar-refractivity contribution in [1.29, 1.82) is 0 Å². The number of methoxy groups -OCH3 is 1. The second kappa shape index (κ2) is 9.25. The van der Waals surface area contributed by atoms with Gasteiger partial charge in [0, 0.05) is 5.39 Å². The van der Waals surface area contributed by atoms with Gasteiger partial charge in [-0.25, -0.2) is 4.79 Å². The van der Waals surface area contributed by atoms with Gasteiger partial charge in [-0.05, 0) is 36.4 Å². The molecule has 1 amide bonds. The number of hydrogen-bond donors (Lipinski definition) is 1. The van der Waals surface area contributed by atoms with Crippen molar-refractivity contribution in [2.24, 2.45) is 0 Å². The zero-order chi connectivity index (χ0) is 23.5. The molecule has 1 atom stereocenters. The summed E-state index contributed by atoms with van der Waals surface area (Å²) in [6, 6.07) is 18.8. The minimum atomic E-state index is -1.00. The number of nitrogens with one attached hydrogen (secondary N) is 1. The van der Waals surface area contributed by atoms with Crippen LogP contribution in [0.1, 0.15) is 36.0 Å². The summed E-state index contributed by atoms with van der Waals surface area (Å²) in [6.07, 6.45) is 2.50. The Kier molecular flexibility index (Phi) is 6.01. The van der Waals surface area contributed by atoms with Gasteiger partial charge in [-0.15, -0.1) is 0 Å². The zero-order valence-corrected chi connectivity index (χ0v) is 19.0. The molecule has 7 nitrogen and oxygen atoms in total. The van der Waals surface area contributed by atoms with Gasteiger partial charge in [-0.2, -0.15) is 0 Å². The van der Waals surface area contributed by atoms with Crippen LogP contribution in [0.2, 0.25) is 0 Å². The largest absolute Gasteiger partial charge is 0.488 e. The summed E-state index contributed by atoms with van der Waals surface area (Å²) >= 11 is 0. The van der Waals surface area contributed by atoms with Crippen molar-refractivity contribution in [3.8, 4) is 17.2 Å². The van der Waals surface area contributed by atoms with E-state index in [9.17, 15) is 9.59 Å². The van der Waals surface area contributed by atoms with Gasteiger partial charge < -0.3 is 24.3 Å². The Balaban J connectivity index is 1.42. The minimum Gasteiger partial charge on any atom is -0.488 e. The number of fused-ring (bicyclic) bond motifs is 2. The van der Waals surface area contributed by atoms with Crippen molar-refractivity contribution in [3.63, 3.8) is 0 Å². The van der Waals surface area contributed by atoms with E-state index >= 15 is 0 Å². The average Bonchev–Trinajstić information content (AvgIpc) is 3.36. The Morgan fingerprint density at radius 2 is 1.74 bits per heavy atom. The van der Waals surface area contributed by atoms with Crippen LogP contribution >= 0.6 is 0 Å². The van der Waals surface area contributed by atoms with Crippen LogP contribution in [0.5, 0.6) is 17.2 Å². The van der Waals surface area contributed by atoms with Crippen molar-refractivity contribution in [3.05, 3.63) is 66.2 Å². The van der Waals surface area contributed by atoms with Gasteiger partial charge in [0.2, 0.25) is 0 Å². The number of hydrogen-bond acceptors (Lipinski definition) is 6. The predicted molar refractivity (Wildman–Crippen MR) is 126 cm³/mol. The maximum absolute atomic E-state index is 13.5. The van der Waals surface area contributed by atoms with Crippen LogP contribution in [-0.2, 0) is 9.53 Å². The second-order valence-corrected chi connectivity index (χ2v) is 8.71. The number of carbonyl (C=O) groups excluding carboxylic acids is 2. The van der Waals surface area contributed by atoms with E-state index in [1.54, 1.807) is 6.07 Å². The Morgan fingerprint density at radius 1 is 1.00 bits per heavy atom. The third kappa shape index (κ3) is 4.14. The van der Waals surface area contributed by atoms with Crippen LogP contribution < -0.4 is 19.5 Å². The van der Waals surface area contributed by atoms with E-state index in [4.69, 9.17) is 18.9 Å². The molecule has 7 heteroatoms. The molecule has 1 aliphatic heterocycles. The van der Waals surface area contributed by atoms with Crippen LogP contribution in [0, 0.1) is 0 Å². The van der Waals surface area contributed by atoms with Crippen molar-refractivity contribution in [1.82, 2.24) is 5.32 Å². The molecular weight excluding hydrogens is 434 g/mol. The number of rotatable bonds is 6. The highest BCUT2D eigenvalue weighted by atomic mass is 16.6. The fraction of sp³-hybridized carbons (Fsp3) is 0.333. The molecule has 176 valence electrons. The number of amides is 1. The highest BCUT2D eigenvalue weighted by molar-refractivity contribution is 6.05. The maximum Gasteiger partial charge on any atom is 0.331 e. The summed E-state index contributed by atoms with van der Waals surface area (Å²) < 4.78 is 23.1. The minimum absolute atomic E-state index is 0.199. The predicted octanol–water partition coefficient (Wildman–Crippen LogP) is 4.27. The van der Waals surface area contributed by atoms with Crippen LogP contribution in [0.15, 0.2) is 60.7 Å². The summed E-state index contributed by atoms with van der Waals surface area (Å²) in [5.41, 5.74) is -0.635. The number of benzene rings is 3. The van der Waals surface area contributed by atoms with Crippen molar-refractivity contribution < 1.29 is 28.5 Å². The fourth-order valence-electron chi connectivity index (χ4n) is 4.74. The van der Waals surface area contributed by atoms with E-state index in [-0.39, 0.29) is 18.6 Å². The Bertz CT molecular complexity index is 1220. The molecule has 0 aromatic heterocycles. The molecule has 5 rings (SSSR count). The molecule has 3 aromatic rings. The highest BCUT2D eigenvalue weighted by Crippen LogP contribution is 2.35. The van der Waals surface area contributed by atoms with Gasteiger partial charge in [-0.1, -0.05) is 55.3 Å². The standard InChI is InChI=1S/C27H27NO6/c1-31-26(30)27(14-6-7-15-27)28-25(29)21-13-12-18-8-2-3-9-20(18)24(21)33-17-19-16-32-22-10-4-5-11-23(22)34-19/h2-5,8-13,19H,6-7,14-17H2,1H3,(H,28,29). The summed E-state index contributed by atoms with van der Waals surface area (Å²) in [4.78, 5) is 26.0. The quantitative estimate of drug-likeness (QED) is 0.552. The fourth-order valence-corrected chi connectivity index (χ4v) is 4.74. The molecule has 2 aliphatic rings. The lowest BCUT2D eigenvalue weighted by atomic mass is 9.96. The average molecular weight is 462 g/mol. The lowest BCUT2D eigenvalue weighted by Crippen LogP contribution is -2.53. The molecule has 1 saturated carbocycles. The smallest absolute Gasteiger partial charge is 0.331 e. The SMILES string of the molecule is COC(=O)C1(NC(=O)c2ccc3ccccc3c2OCC2COc3ccccc3O2)CCCC1. The summed E-state index contributed by atoms with van der Waals surface area (Å²) in [5, 5.41) is 4.72. The zero-order valence-electron chi connectivity index (χ0n) is 19.0. The molecule has 0 radical (unpaired) electrons. The first-order chi connectivity index (χ1) is 16.6. The molecular formula is C27H27NO6. The van der Waals surface area contributed by atoms with Gasteiger partial charge in [0.15, 0.2) is 17.6 Å². The Hall–Kier alpha value is -3.74. The molecule has 1 heterocycles. The van der Waals surface area contributed by atoms with Crippen LogP contribution in [0.25, 0.3) is 10.8 Å². The lowest BCUT2D eigenvalue weighted by molar-refractivity contribution is -0.148. The first-order valence-electron chi connectivity index (χ1n) is 11.5. The number of para-hydroxylation sites is 2. The van der Waals surface area contributed by atoms with E-state index < -0.39 is 11.5 Å². The molecule has 1 N–H and O–H groups in total. The molecule has 1 unspecified atom stereocenters. The van der Waals surface area contributed by atoms with Gasteiger partial charge in [0.25, 0.3) is 5.91 Å². The highest BCUT2D eigenvalue weighted by Gasteiger charge is 2.44. The molecule has 0 saturated heterocycles. The van der Waals surface area contributed by atoms with E-state index in [0.29, 0.717) is 42.3 Å². The third-order valence-corrected chi connectivity index (χ3v) is 6.49. The lowest BCUT2D eigenvalue weighted by Gasteiger charge is -2.28. The molecule has 1 aliphatic carbocycles. The molecule has 3 aromatic carbocycles. The number of ether oxygens (including phenoxy) is 4. The summed E-state index contributed by atoms with van der Waals surface area (Å²) in [6.45, 7) is 0.541. The second-order valence-electron chi connectivity index (χ2n) is 8.71. The van der Waals surface area contributed by atoms with Crippen molar-refractivity contribution in [2.45, 2.75) is 37.3 Å². The first-order valence-corrected chi connectivity index (χ1v) is 11.5. The summed E-state index contributed by atoms with van der Waals surface area (Å²) in [5.74, 6) is 1.05. The number of carbonyl (C=O) groups is 2. The molecule has 34 heavy (non-hydrogen) atoms. The molecule has 0 bridgehead atoms. The third-order valence-electron chi connectivity index (χ3n) is 6.49. The van der Waals surface area contributed by atoms with Crippen molar-refractivity contribution in [2.75, 3.05) is 20.3 Å². The monoisotopic (exact) mass is 461 g/mol. The normalized spacial score (nSPS) is 18.3. The molecule has 0 spiro atoms.